The SMILES string of the molecule is CCOC(=O)C1C(=O)CCc2cc(Cl)ccc21. The molecule has 0 radical (unpaired) electrons. The fourth-order valence-electron chi connectivity index (χ4n) is 2.13. The van der Waals surface area contributed by atoms with Crippen LogP contribution in [-0.4, -0.2) is 18.4 Å². The second-order valence-corrected chi connectivity index (χ2v) is 4.43. The topological polar surface area (TPSA) is 43.4 Å². The molecule has 0 aromatic heterocycles. The number of fused-ring (bicyclic) bond motifs is 1. The highest BCUT2D eigenvalue weighted by Crippen LogP contribution is 2.31. The predicted molar refractivity (Wildman–Crippen MR) is 64.2 cm³/mol. The number of hydrogen-bond donors (Lipinski definition) is 0. The van der Waals surface area contributed by atoms with E-state index >= 15 is 0 Å². The summed E-state index contributed by atoms with van der Waals surface area (Å²) in [7, 11) is 0. The zero-order valence-electron chi connectivity index (χ0n) is 9.53. The summed E-state index contributed by atoms with van der Waals surface area (Å²) in [5.41, 5.74) is 1.71. The van der Waals surface area contributed by atoms with Crippen LogP contribution in [0.25, 0.3) is 0 Å². The number of halogens is 1. The van der Waals surface area contributed by atoms with Crippen LogP contribution in [0.15, 0.2) is 18.2 Å². The van der Waals surface area contributed by atoms with Gasteiger partial charge in [-0.2, -0.15) is 0 Å². The molecule has 4 heteroatoms. The van der Waals surface area contributed by atoms with Gasteiger partial charge >= 0.3 is 5.97 Å². The first-order valence-electron chi connectivity index (χ1n) is 5.61. The minimum Gasteiger partial charge on any atom is -0.465 e. The molecule has 1 aliphatic carbocycles. The number of carbonyl (C=O) groups excluding carboxylic acids is 2. The highest BCUT2D eigenvalue weighted by atomic mass is 35.5. The lowest BCUT2D eigenvalue weighted by molar-refractivity contribution is -0.148. The summed E-state index contributed by atoms with van der Waals surface area (Å²) in [4.78, 5) is 23.6. The molecule has 1 unspecified atom stereocenters. The standard InChI is InChI=1S/C13H13ClO3/c1-2-17-13(16)12-10-5-4-9(14)7-8(10)3-6-11(12)15/h4-5,7,12H,2-3,6H2,1H3. The highest BCUT2D eigenvalue weighted by Gasteiger charge is 2.34. The molecule has 3 nitrogen and oxygen atoms in total. The average Bonchev–Trinajstić information content (AvgIpc) is 2.29. The molecule has 17 heavy (non-hydrogen) atoms. The van der Waals surface area contributed by atoms with Crippen LogP contribution < -0.4 is 0 Å². The minimum atomic E-state index is -0.768. The van der Waals surface area contributed by atoms with Crippen molar-refractivity contribution in [1.29, 1.82) is 0 Å². The van der Waals surface area contributed by atoms with E-state index in [1.54, 1.807) is 19.1 Å². The molecule has 0 aliphatic heterocycles. The average molecular weight is 253 g/mol. The van der Waals surface area contributed by atoms with Crippen LogP contribution in [0.5, 0.6) is 0 Å². The molecule has 1 aromatic rings. The van der Waals surface area contributed by atoms with Gasteiger partial charge in [-0.25, -0.2) is 0 Å². The van der Waals surface area contributed by atoms with E-state index in [1.807, 2.05) is 6.07 Å². The molecule has 1 aromatic carbocycles. The Morgan fingerprint density at radius 3 is 2.94 bits per heavy atom. The molecule has 0 saturated carbocycles. The smallest absolute Gasteiger partial charge is 0.321 e. The van der Waals surface area contributed by atoms with Gasteiger partial charge in [0.05, 0.1) is 6.61 Å². The van der Waals surface area contributed by atoms with Gasteiger partial charge in [-0.3, -0.25) is 9.59 Å². The maximum absolute atomic E-state index is 11.8. The molecule has 1 aliphatic rings. The van der Waals surface area contributed by atoms with Crippen molar-refractivity contribution in [2.75, 3.05) is 6.61 Å². The molecule has 0 heterocycles. The Bertz CT molecular complexity index is 468. The number of ether oxygens (including phenoxy) is 1. The molecule has 0 bridgehead atoms. The van der Waals surface area contributed by atoms with Crippen LogP contribution in [-0.2, 0) is 20.7 Å². The maximum atomic E-state index is 11.8. The Morgan fingerprint density at radius 2 is 2.24 bits per heavy atom. The van der Waals surface area contributed by atoms with E-state index in [1.165, 1.54) is 0 Å². The van der Waals surface area contributed by atoms with Gasteiger partial charge in [0, 0.05) is 11.4 Å². The first-order valence-corrected chi connectivity index (χ1v) is 5.99. The lowest BCUT2D eigenvalue weighted by Crippen LogP contribution is -2.28. The van der Waals surface area contributed by atoms with E-state index in [9.17, 15) is 9.59 Å². The summed E-state index contributed by atoms with van der Waals surface area (Å²) in [5, 5.41) is 0.626. The van der Waals surface area contributed by atoms with Gasteiger partial charge in [0.25, 0.3) is 0 Å². The molecule has 0 spiro atoms. The van der Waals surface area contributed by atoms with Crippen molar-refractivity contribution in [2.24, 2.45) is 0 Å². The van der Waals surface area contributed by atoms with Gasteiger partial charge in [0.1, 0.15) is 5.92 Å². The second kappa shape index (κ2) is 4.88. The van der Waals surface area contributed by atoms with Gasteiger partial charge in [0.2, 0.25) is 0 Å². The lowest BCUT2D eigenvalue weighted by atomic mass is 9.82. The first-order chi connectivity index (χ1) is 8.13. The van der Waals surface area contributed by atoms with Crippen molar-refractivity contribution in [3.05, 3.63) is 34.3 Å². The van der Waals surface area contributed by atoms with Crippen molar-refractivity contribution in [1.82, 2.24) is 0 Å². The zero-order valence-corrected chi connectivity index (χ0v) is 10.3. The normalized spacial score (nSPS) is 18.7. The Balaban J connectivity index is 2.40. The molecule has 90 valence electrons. The zero-order chi connectivity index (χ0) is 12.4. The minimum absolute atomic E-state index is 0.0710. The highest BCUT2D eigenvalue weighted by molar-refractivity contribution is 6.30. The number of esters is 1. The summed E-state index contributed by atoms with van der Waals surface area (Å²) in [6, 6.07) is 5.26. The third-order valence-corrected chi connectivity index (χ3v) is 3.14. The fraction of sp³-hybridized carbons (Fsp3) is 0.385. The fourth-order valence-corrected chi connectivity index (χ4v) is 2.33. The van der Waals surface area contributed by atoms with E-state index < -0.39 is 11.9 Å². The number of hydrogen-bond acceptors (Lipinski definition) is 3. The Kier molecular flexibility index (Phi) is 3.48. The van der Waals surface area contributed by atoms with Gasteiger partial charge in [-0.1, -0.05) is 17.7 Å². The van der Waals surface area contributed by atoms with Crippen LogP contribution in [0, 0.1) is 0 Å². The molecular formula is C13H13ClO3. The lowest BCUT2D eigenvalue weighted by Gasteiger charge is -2.22. The first kappa shape index (κ1) is 12.1. The molecule has 1 atom stereocenters. The van der Waals surface area contributed by atoms with Gasteiger partial charge < -0.3 is 4.74 Å². The second-order valence-electron chi connectivity index (χ2n) is 3.99. The van der Waals surface area contributed by atoms with Crippen LogP contribution in [0.4, 0.5) is 0 Å². The van der Waals surface area contributed by atoms with E-state index in [-0.39, 0.29) is 12.4 Å². The van der Waals surface area contributed by atoms with Crippen LogP contribution in [0.1, 0.15) is 30.4 Å². The predicted octanol–water partition coefficient (Wildman–Crippen LogP) is 2.50. The summed E-state index contributed by atoms with van der Waals surface area (Å²) >= 11 is 5.90. The molecular weight excluding hydrogens is 240 g/mol. The van der Waals surface area contributed by atoms with Crippen LogP contribution >= 0.6 is 11.6 Å². The van der Waals surface area contributed by atoms with Crippen molar-refractivity contribution < 1.29 is 14.3 Å². The van der Waals surface area contributed by atoms with Gasteiger partial charge in [-0.05, 0) is 36.6 Å². The monoisotopic (exact) mass is 252 g/mol. The molecule has 0 N–H and O–H groups in total. The van der Waals surface area contributed by atoms with E-state index in [0.29, 0.717) is 17.9 Å². The molecule has 0 saturated heterocycles. The summed E-state index contributed by atoms with van der Waals surface area (Å²) in [6.07, 6.45) is 1.02. The largest absolute Gasteiger partial charge is 0.465 e. The maximum Gasteiger partial charge on any atom is 0.321 e. The third kappa shape index (κ3) is 2.34. The summed E-state index contributed by atoms with van der Waals surface area (Å²) < 4.78 is 4.95. The van der Waals surface area contributed by atoms with Crippen molar-refractivity contribution >= 4 is 23.4 Å². The van der Waals surface area contributed by atoms with Gasteiger partial charge in [0.15, 0.2) is 5.78 Å². The molecule has 0 amide bonds. The molecule has 0 fully saturated rings. The van der Waals surface area contributed by atoms with Crippen LogP contribution in [0.3, 0.4) is 0 Å². The van der Waals surface area contributed by atoms with E-state index in [2.05, 4.69) is 0 Å². The number of rotatable bonds is 2. The number of aryl methyl sites for hydroxylation is 1. The Morgan fingerprint density at radius 1 is 1.47 bits per heavy atom. The Hall–Kier alpha value is -1.35. The van der Waals surface area contributed by atoms with E-state index in [0.717, 1.165) is 11.1 Å². The Labute approximate surface area is 105 Å². The number of carbonyl (C=O) groups is 2. The van der Waals surface area contributed by atoms with Crippen molar-refractivity contribution in [2.45, 2.75) is 25.7 Å². The summed E-state index contributed by atoms with van der Waals surface area (Å²) in [5.74, 6) is -1.30. The van der Waals surface area contributed by atoms with Gasteiger partial charge in [-0.15, -0.1) is 0 Å². The number of benzene rings is 1. The quantitative estimate of drug-likeness (QED) is 0.600. The third-order valence-electron chi connectivity index (χ3n) is 2.90. The van der Waals surface area contributed by atoms with E-state index in [4.69, 9.17) is 16.3 Å². The number of ketones is 1. The van der Waals surface area contributed by atoms with Crippen molar-refractivity contribution in [3.63, 3.8) is 0 Å². The number of Topliss-reactive ketones (excluding diaryl/α,β-unsaturated/α-hetero) is 1. The summed E-state index contributed by atoms with van der Waals surface area (Å²) in [6.45, 7) is 2.01. The molecule has 2 rings (SSSR count). The van der Waals surface area contributed by atoms with Crippen LogP contribution in [0.2, 0.25) is 5.02 Å². The van der Waals surface area contributed by atoms with Crippen molar-refractivity contribution in [3.8, 4) is 0 Å².